The summed E-state index contributed by atoms with van der Waals surface area (Å²) < 4.78 is 0. The summed E-state index contributed by atoms with van der Waals surface area (Å²) in [5, 5.41) is 14.7. The normalized spacial score (nSPS) is 17.2. The molecule has 1 atom stereocenters. The molecule has 1 aromatic carbocycles. The van der Waals surface area contributed by atoms with Crippen LogP contribution >= 0.6 is 0 Å². The smallest absolute Gasteiger partial charge is 0.325 e. The fraction of sp³-hybridized carbons (Fsp3) is 0.500. The first-order chi connectivity index (χ1) is 10.1. The molecule has 114 valence electrons. The number of carboxylic acid groups (broad SMARTS) is 1. The van der Waals surface area contributed by atoms with Gasteiger partial charge in [0.05, 0.1) is 0 Å². The molecule has 1 aliphatic heterocycles. The van der Waals surface area contributed by atoms with Crippen LogP contribution in [0, 0.1) is 5.92 Å². The molecule has 0 radical (unpaired) electrons. The van der Waals surface area contributed by atoms with Crippen LogP contribution in [-0.4, -0.2) is 36.1 Å². The third kappa shape index (κ3) is 4.29. The fourth-order valence-corrected chi connectivity index (χ4v) is 2.65. The lowest BCUT2D eigenvalue weighted by Gasteiger charge is -2.23. The monoisotopic (exact) mass is 290 g/mol. The number of piperidine rings is 1. The van der Waals surface area contributed by atoms with Gasteiger partial charge in [-0.05, 0) is 56.8 Å². The van der Waals surface area contributed by atoms with E-state index in [4.69, 9.17) is 5.11 Å². The van der Waals surface area contributed by atoms with Gasteiger partial charge in [0.2, 0.25) is 0 Å². The van der Waals surface area contributed by atoms with Crippen LogP contribution in [0.1, 0.15) is 35.7 Å². The van der Waals surface area contributed by atoms with Crippen LogP contribution in [0.2, 0.25) is 0 Å². The number of hydrogen-bond acceptors (Lipinski definition) is 3. The van der Waals surface area contributed by atoms with Gasteiger partial charge in [0.1, 0.15) is 6.04 Å². The highest BCUT2D eigenvalue weighted by molar-refractivity contribution is 5.97. The molecular formula is C16H22N2O3. The molecule has 3 N–H and O–H groups in total. The lowest BCUT2D eigenvalue weighted by atomic mass is 9.89. The molecule has 5 heteroatoms. The van der Waals surface area contributed by atoms with Crippen LogP contribution in [0.5, 0.6) is 0 Å². The molecule has 0 bridgehead atoms. The predicted molar refractivity (Wildman–Crippen MR) is 80.3 cm³/mol. The molecule has 1 unspecified atom stereocenters. The molecule has 1 heterocycles. The van der Waals surface area contributed by atoms with E-state index in [1.54, 1.807) is 6.07 Å². The highest BCUT2D eigenvalue weighted by Gasteiger charge is 2.20. The van der Waals surface area contributed by atoms with Crippen molar-refractivity contribution in [3.8, 4) is 0 Å². The minimum absolute atomic E-state index is 0.311. The van der Waals surface area contributed by atoms with Crippen molar-refractivity contribution in [1.29, 1.82) is 0 Å². The lowest BCUT2D eigenvalue weighted by molar-refractivity contribution is -0.138. The predicted octanol–water partition coefficient (Wildman–Crippen LogP) is 1.43. The van der Waals surface area contributed by atoms with E-state index < -0.39 is 12.0 Å². The first-order valence-electron chi connectivity index (χ1n) is 7.40. The first-order valence-corrected chi connectivity index (χ1v) is 7.40. The van der Waals surface area contributed by atoms with E-state index in [1.165, 1.54) is 6.92 Å². The van der Waals surface area contributed by atoms with E-state index >= 15 is 0 Å². The van der Waals surface area contributed by atoms with Crippen molar-refractivity contribution in [2.24, 2.45) is 5.92 Å². The Morgan fingerprint density at radius 2 is 2.00 bits per heavy atom. The molecule has 0 aromatic heterocycles. The average Bonchev–Trinajstić information content (AvgIpc) is 2.48. The minimum atomic E-state index is -1.03. The second-order valence-electron chi connectivity index (χ2n) is 5.59. The van der Waals surface area contributed by atoms with Gasteiger partial charge >= 0.3 is 5.97 Å². The highest BCUT2D eigenvalue weighted by atomic mass is 16.4. The number of nitrogens with one attached hydrogen (secondary N) is 2. The summed E-state index contributed by atoms with van der Waals surface area (Å²) in [6.07, 6.45) is 3.09. The Labute approximate surface area is 124 Å². The maximum atomic E-state index is 12.2. The summed E-state index contributed by atoms with van der Waals surface area (Å²) in [6, 6.07) is 6.58. The Hall–Kier alpha value is -1.88. The molecule has 0 aliphatic carbocycles. The number of benzene rings is 1. The molecule has 1 aliphatic rings. The van der Waals surface area contributed by atoms with E-state index in [9.17, 15) is 9.59 Å². The second kappa shape index (κ2) is 7.22. The number of carbonyl (C=O) groups is 2. The van der Waals surface area contributed by atoms with Gasteiger partial charge in [-0.2, -0.15) is 0 Å². The number of carboxylic acids is 1. The molecule has 21 heavy (non-hydrogen) atoms. The standard InChI is InChI=1S/C16H22N2O3/c1-11(16(20)21)18-15(19)14-5-3-2-4-13(14)10-12-6-8-17-9-7-12/h2-5,11-12,17H,6-10H2,1H3,(H,18,19)(H,20,21). The van der Waals surface area contributed by atoms with E-state index in [2.05, 4.69) is 10.6 Å². The zero-order valence-corrected chi connectivity index (χ0v) is 12.3. The average molecular weight is 290 g/mol. The molecule has 0 spiro atoms. The third-order valence-corrected chi connectivity index (χ3v) is 3.95. The van der Waals surface area contributed by atoms with E-state index in [0.717, 1.165) is 37.9 Å². The van der Waals surface area contributed by atoms with Crippen LogP contribution in [0.15, 0.2) is 24.3 Å². The van der Waals surface area contributed by atoms with Crippen molar-refractivity contribution in [1.82, 2.24) is 10.6 Å². The van der Waals surface area contributed by atoms with Gasteiger partial charge < -0.3 is 15.7 Å². The van der Waals surface area contributed by atoms with Crippen molar-refractivity contribution >= 4 is 11.9 Å². The van der Waals surface area contributed by atoms with Gasteiger partial charge in [-0.1, -0.05) is 18.2 Å². The number of aliphatic carboxylic acids is 1. The maximum absolute atomic E-state index is 12.2. The second-order valence-corrected chi connectivity index (χ2v) is 5.59. The molecule has 1 saturated heterocycles. The molecule has 1 aromatic rings. The number of amides is 1. The maximum Gasteiger partial charge on any atom is 0.325 e. The Balaban J connectivity index is 2.08. The lowest BCUT2D eigenvalue weighted by Crippen LogP contribution is -2.38. The summed E-state index contributed by atoms with van der Waals surface area (Å²) >= 11 is 0. The zero-order chi connectivity index (χ0) is 15.2. The zero-order valence-electron chi connectivity index (χ0n) is 12.3. The van der Waals surface area contributed by atoms with E-state index in [-0.39, 0.29) is 5.91 Å². The van der Waals surface area contributed by atoms with Crippen molar-refractivity contribution in [2.75, 3.05) is 13.1 Å². The Morgan fingerprint density at radius 3 is 2.67 bits per heavy atom. The SMILES string of the molecule is CC(NC(=O)c1ccccc1CC1CCNCC1)C(=O)O. The van der Waals surface area contributed by atoms with Gasteiger partial charge in [-0.15, -0.1) is 0 Å². The van der Waals surface area contributed by atoms with Crippen molar-refractivity contribution < 1.29 is 14.7 Å². The van der Waals surface area contributed by atoms with Crippen LogP contribution in [-0.2, 0) is 11.2 Å². The summed E-state index contributed by atoms with van der Waals surface area (Å²) in [6.45, 7) is 3.51. The summed E-state index contributed by atoms with van der Waals surface area (Å²) in [5.41, 5.74) is 1.59. The molecule has 2 rings (SSSR count). The van der Waals surface area contributed by atoms with E-state index in [1.807, 2.05) is 18.2 Å². The minimum Gasteiger partial charge on any atom is -0.480 e. The quantitative estimate of drug-likeness (QED) is 0.766. The molecular weight excluding hydrogens is 268 g/mol. The topological polar surface area (TPSA) is 78.4 Å². The Bertz CT molecular complexity index is 510. The van der Waals surface area contributed by atoms with Crippen LogP contribution in [0.25, 0.3) is 0 Å². The summed E-state index contributed by atoms with van der Waals surface area (Å²) in [5.74, 6) is -0.759. The molecule has 1 fully saturated rings. The molecule has 5 nitrogen and oxygen atoms in total. The van der Waals surface area contributed by atoms with Gasteiger partial charge in [0.15, 0.2) is 0 Å². The molecule has 0 saturated carbocycles. The van der Waals surface area contributed by atoms with Crippen molar-refractivity contribution in [3.63, 3.8) is 0 Å². The number of carbonyl (C=O) groups excluding carboxylic acids is 1. The Morgan fingerprint density at radius 1 is 1.33 bits per heavy atom. The fourth-order valence-electron chi connectivity index (χ4n) is 2.65. The largest absolute Gasteiger partial charge is 0.480 e. The highest BCUT2D eigenvalue weighted by Crippen LogP contribution is 2.20. The summed E-state index contributed by atoms with van der Waals surface area (Å²) in [7, 11) is 0. The number of hydrogen-bond donors (Lipinski definition) is 3. The first kappa shape index (κ1) is 15.5. The Kier molecular flexibility index (Phi) is 5.33. The van der Waals surface area contributed by atoms with Gasteiger partial charge in [-0.3, -0.25) is 9.59 Å². The van der Waals surface area contributed by atoms with Crippen molar-refractivity contribution in [3.05, 3.63) is 35.4 Å². The van der Waals surface area contributed by atoms with Gasteiger partial charge in [0, 0.05) is 5.56 Å². The van der Waals surface area contributed by atoms with Crippen LogP contribution in [0.4, 0.5) is 0 Å². The van der Waals surface area contributed by atoms with E-state index in [0.29, 0.717) is 11.5 Å². The van der Waals surface area contributed by atoms with Crippen LogP contribution in [0.3, 0.4) is 0 Å². The van der Waals surface area contributed by atoms with Gasteiger partial charge in [-0.25, -0.2) is 0 Å². The third-order valence-electron chi connectivity index (χ3n) is 3.95. The van der Waals surface area contributed by atoms with Crippen LogP contribution < -0.4 is 10.6 Å². The van der Waals surface area contributed by atoms with Gasteiger partial charge in [0.25, 0.3) is 5.91 Å². The molecule has 1 amide bonds. The van der Waals surface area contributed by atoms with Crippen molar-refractivity contribution in [2.45, 2.75) is 32.2 Å². The summed E-state index contributed by atoms with van der Waals surface area (Å²) in [4.78, 5) is 23.1. The number of rotatable bonds is 5.